The monoisotopic (exact) mass is 397 g/mol. The third-order valence-corrected chi connectivity index (χ3v) is 6.90. The highest BCUT2D eigenvalue weighted by atomic mass is 35.5. The smallest absolute Gasteiger partial charge is 0.242 e. The fourth-order valence-corrected chi connectivity index (χ4v) is 5.38. The van der Waals surface area contributed by atoms with Crippen LogP contribution in [0.1, 0.15) is 18.4 Å². The average Bonchev–Trinajstić information content (AvgIpc) is 3.39. The van der Waals surface area contributed by atoms with Gasteiger partial charge < -0.3 is 14.7 Å². The molecule has 138 valence electrons. The second-order valence-electron chi connectivity index (χ2n) is 7.06. The van der Waals surface area contributed by atoms with E-state index >= 15 is 0 Å². The third kappa shape index (κ3) is 2.99. The minimum Gasteiger partial charge on any atom is -0.341 e. The van der Waals surface area contributed by atoms with Crippen LogP contribution < -0.4 is 4.90 Å². The summed E-state index contributed by atoms with van der Waals surface area (Å²) in [5.41, 5.74) is 3.45. The average molecular weight is 398 g/mol. The summed E-state index contributed by atoms with van der Waals surface area (Å²) in [4.78, 5) is 20.7. The molecule has 0 spiro atoms. The summed E-state index contributed by atoms with van der Waals surface area (Å²) in [5, 5.41) is 0.720. The minimum absolute atomic E-state index is 0.0830. The number of halogens is 1. The zero-order chi connectivity index (χ0) is 18.4. The number of hydrogen-bond acceptors (Lipinski definition) is 4. The van der Waals surface area contributed by atoms with Crippen LogP contribution in [-0.4, -0.2) is 40.8 Å². The number of carbonyl (C=O) groups is 1. The molecule has 1 unspecified atom stereocenters. The van der Waals surface area contributed by atoms with E-state index in [9.17, 15) is 4.79 Å². The Kier molecular flexibility index (Phi) is 4.29. The Morgan fingerprint density at radius 2 is 1.81 bits per heavy atom. The highest BCUT2D eigenvalue weighted by Crippen LogP contribution is 2.50. The maximum atomic E-state index is 12.9. The van der Waals surface area contributed by atoms with Crippen LogP contribution in [0.25, 0.3) is 5.70 Å². The van der Waals surface area contributed by atoms with Gasteiger partial charge in [0.1, 0.15) is 0 Å². The molecular weight excluding hydrogens is 378 g/mol. The van der Waals surface area contributed by atoms with Crippen LogP contribution in [0.3, 0.4) is 0 Å². The number of amides is 1. The van der Waals surface area contributed by atoms with Gasteiger partial charge in [-0.3, -0.25) is 4.79 Å². The molecule has 0 bridgehead atoms. The summed E-state index contributed by atoms with van der Waals surface area (Å²) in [7, 11) is 0. The first-order valence-corrected chi connectivity index (χ1v) is 10.5. The van der Waals surface area contributed by atoms with Gasteiger partial charge in [0, 0.05) is 29.2 Å². The van der Waals surface area contributed by atoms with Crippen molar-refractivity contribution in [2.75, 3.05) is 24.5 Å². The van der Waals surface area contributed by atoms with E-state index in [2.05, 4.69) is 40.3 Å². The van der Waals surface area contributed by atoms with Crippen molar-refractivity contribution in [1.29, 1.82) is 0 Å². The molecule has 6 heteroatoms. The lowest BCUT2D eigenvalue weighted by molar-refractivity contribution is -0.130. The minimum atomic E-state index is 0.0830. The molecule has 0 saturated carbocycles. The molecule has 3 aliphatic heterocycles. The van der Waals surface area contributed by atoms with Gasteiger partial charge in [-0.25, -0.2) is 0 Å². The Morgan fingerprint density at radius 1 is 1.07 bits per heavy atom. The molecule has 1 fully saturated rings. The summed E-state index contributed by atoms with van der Waals surface area (Å²) in [6.07, 6.45) is 4.40. The van der Waals surface area contributed by atoms with E-state index < -0.39 is 0 Å². The number of likely N-dealkylation sites (tertiary alicyclic amines) is 1. The van der Waals surface area contributed by atoms with Gasteiger partial charge in [0.15, 0.2) is 5.50 Å². The summed E-state index contributed by atoms with van der Waals surface area (Å²) < 4.78 is 0. The number of para-hydroxylation sites is 1. The Labute approximate surface area is 168 Å². The fraction of sp³-hybridized carbons (Fsp3) is 0.286. The number of benzene rings is 2. The largest absolute Gasteiger partial charge is 0.341 e. The molecule has 27 heavy (non-hydrogen) atoms. The molecule has 0 radical (unpaired) electrons. The van der Waals surface area contributed by atoms with Crippen molar-refractivity contribution in [3.63, 3.8) is 0 Å². The number of nitrogens with zero attached hydrogens (tertiary/aromatic N) is 3. The zero-order valence-electron chi connectivity index (χ0n) is 14.8. The van der Waals surface area contributed by atoms with Gasteiger partial charge in [-0.2, -0.15) is 0 Å². The molecule has 3 aliphatic rings. The van der Waals surface area contributed by atoms with Crippen LogP contribution in [-0.2, 0) is 4.79 Å². The van der Waals surface area contributed by atoms with Crippen molar-refractivity contribution in [3.05, 3.63) is 65.3 Å². The van der Waals surface area contributed by atoms with Crippen molar-refractivity contribution in [3.8, 4) is 0 Å². The highest BCUT2D eigenvalue weighted by molar-refractivity contribution is 8.00. The number of anilines is 1. The van der Waals surface area contributed by atoms with E-state index in [4.69, 9.17) is 11.6 Å². The third-order valence-electron chi connectivity index (χ3n) is 5.36. The van der Waals surface area contributed by atoms with Crippen LogP contribution in [0, 0.1) is 0 Å². The van der Waals surface area contributed by atoms with Crippen LogP contribution in [0.4, 0.5) is 5.69 Å². The predicted molar refractivity (Wildman–Crippen MR) is 111 cm³/mol. The summed E-state index contributed by atoms with van der Waals surface area (Å²) in [6, 6.07) is 16.3. The molecule has 0 aliphatic carbocycles. The summed E-state index contributed by atoms with van der Waals surface area (Å²) in [5.74, 6) is 0.214. The van der Waals surface area contributed by atoms with Crippen molar-refractivity contribution in [1.82, 2.24) is 9.80 Å². The topological polar surface area (TPSA) is 26.8 Å². The van der Waals surface area contributed by atoms with E-state index in [1.165, 1.54) is 10.6 Å². The normalized spacial score (nSPS) is 20.7. The van der Waals surface area contributed by atoms with Gasteiger partial charge in [0.2, 0.25) is 5.91 Å². The Hall–Kier alpha value is -2.11. The summed E-state index contributed by atoms with van der Waals surface area (Å²) in [6.45, 7) is 2.17. The van der Waals surface area contributed by atoms with Gasteiger partial charge in [-0.15, -0.1) is 0 Å². The van der Waals surface area contributed by atoms with Crippen molar-refractivity contribution in [2.24, 2.45) is 0 Å². The first-order chi connectivity index (χ1) is 13.2. The van der Waals surface area contributed by atoms with Crippen molar-refractivity contribution in [2.45, 2.75) is 23.2 Å². The van der Waals surface area contributed by atoms with Gasteiger partial charge in [-0.1, -0.05) is 47.6 Å². The second kappa shape index (κ2) is 6.80. The van der Waals surface area contributed by atoms with E-state index in [0.717, 1.165) is 42.2 Å². The maximum Gasteiger partial charge on any atom is 0.242 e. The van der Waals surface area contributed by atoms with Gasteiger partial charge >= 0.3 is 0 Å². The lowest BCUT2D eigenvalue weighted by Gasteiger charge is -2.30. The molecular formula is C21H20ClN3OS. The lowest BCUT2D eigenvalue weighted by Crippen LogP contribution is -2.42. The summed E-state index contributed by atoms with van der Waals surface area (Å²) >= 11 is 7.88. The number of thioether (sulfide) groups is 1. The highest BCUT2D eigenvalue weighted by Gasteiger charge is 2.41. The van der Waals surface area contributed by atoms with Crippen LogP contribution in [0.5, 0.6) is 0 Å². The molecule has 1 amide bonds. The Balaban J connectivity index is 1.49. The van der Waals surface area contributed by atoms with Crippen LogP contribution in [0.15, 0.2) is 59.6 Å². The van der Waals surface area contributed by atoms with Crippen molar-refractivity contribution < 1.29 is 4.79 Å². The molecule has 2 aromatic rings. The number of rotatable bonds is 3. The fourth-order valence-electron chi connectivity index (χ4n) is 3.97. The second-order valence-corrected chi connectivity index (χ2v) is 8.59. The van der Waals surface area contributed by atoms with E-state index in [1.807, 2.05) is 29.2 Å². The quantitative estimate of drug-likeness (QED) is 0.763. The predicted octanol–water partition coefficient (Wildman–Crippen LogP) is 4.47. The molecule has 1 saturated heterocycles. The lowest BCUT2D eigenvalue weighted by atomic mass is 10.1. The zero-order valence-corrected chi connectivity index (χ0v) is 16.4. The molecule has 0 aromatic heterocycles. The Morgan fingerprint density at radius 3 is 2.59 bits per heavy atom. The number of carbonyl (C=O) groups excluding carboxylic acids is 1. The van der Waals surface area contributed by atoms with Gasteiger partial charge in [-0.05, 0) is 42.7 Å². The van der Waals surface area contributed by atoms with E-state index in [-0.39, 0.29) is 11.4 Å². The first-order valence-electron chi connectivity index (χ1n) is 9.27. The van der Waals surface area contributed by atoms with E-state index in [1.54, 1.807) is 11.8 Å². The van der Waals surface area contributed by atoms with E-state index in [0.29, 0.717) is 6.54 Å². The van der Waals surface area contributed by atoms with Gasteiger partial charge in [0.05, 0.1) is 17.9 Å². The SMILES string of the molecule is O=C(CN1C(c2ccc(Cl)cc2)=CN2c3ccccc3SC12)N1CCCC1. The van der Waals surface area contributed by atoms with Crippen LogP contribution >= 0.6 is 23.4 Å². The van der Waals surface area contributed by atoms with Gasteiger partial charge in [0.25, 0.3) is 0 Å². The molecule has 4 nitrogen and oxygen atoms in total. The first kappa shape index (κ1) is 17.0. The maximum absolute atomic E-state index is 12.9. The number of hydrogen-bond donors (Lipinski definition) is 0. The molecule has 1 atom stereocenters. The molecule has 5 rings (SSSR count). The molecule has 0 N–H and O–H groups in total. The molecule has 3 heterocycles. The molecule has 2 aromatic carbocycles. The standard InChI is InChI=1S/C21H20ClN3OS/c22-16-9-7-15(8-10-16)18-13-24-17-5-1-2-6-19(17)27-21(24)25(18)14-20(26)23-11-3-4-12-23/h1-2,5-10,13,21H,3-4,11-12,14H2. The van der Waals surface area contributed by atoms with Crippen molar-refractivity contribution >= 4 is 40.7 Å². The van der Waals surface area contributed by atoms with Crippen LogP contribution in [0.2, 0.25) is 5.02 Å². The Bertz CT molecular complexity index is 908. The number of fused-ring (bicyclic) bond motifs is 3.